The van der Waals surface area contributed by atoms with Crippen molar-refractivity contribution in [3.8, 4) is 0 Å². The molecule has 2 rings (SSSR count). The van der Waals surface area contributed by atoms with Crippen molar-refractivity contribution >= 4 is 5.69 Å². The molecule has 1 heterocycles. The molecule has 0 aromatic heterocycles. The molecule has 0 aliphatic carbocycles. The Morgan fingerprint density at radius 3 is 2.81 bits per heavy atom. The lowest BCUT2D eigenvalue weighted by molar-refractivity contribution is 0.360. The molecular formula is C14H22N2. The number of nitrogens with zero attached hydrogens (tertiary/aromatic N) is 1. The molecule has 16 heavy (non-hydrogen) atoms. The first-order chi connectivity index (χ1) is 7.86. The topological polar surface area (TPSA) is 15.3 Å². The predicted molar refractivity (Wildman–Crippen MR) is 69.9 cm³/mol. The molecule has 1 atom stereocenters. The number of piperidine rings is 1. The second-order valence-corrected chi connectivity index (χ2v) is 4.76. The lowest BCUT2D eigenvalue weighted by Crippen LogP contribution is -2.32. The summed E-state index contributed by atoms with van der Waals surface area (Å²) < 4.78 is 0. The number of anilines is 1. The van der Waals surface area contributed by atoms with Gasteiger partial charge >= 0.3 is 0 Å². The minimum atomic E-state index is 0.875. The highest BCUT2D eigenvalue weighted by atomic mass is 15.1. The van der Waals surface area contributed by atoms with Crippen LogP contribution in [0.15, 0.2) is 30.3 Å². The van der Waals surface area contributed by atoms with Gasteiger partial charge in [0.05, 0.1) is 0 Å². The zero-order chi connectivity index (χ0) is 11.2. The van der Waals surface area contributed by atoms with E-state index in [1.807, 2.05) is 0 Å². The van der Waals surface area contributed by atoms with Gasteiger partial charge in [-0.05, 0) is 50.4 Å². The van der Waals surface area contributed by atoms with Crippen molar-refractivity contribution < 1.29 is 0 Å². The van der Waals surface area contributed by atoms with Crippen LogP contribution >= 0.6 is 0 Å². The average molecular weight is 218 g/mol. The van der Waals surface area contributed by atoms with E-state index in [1.54, 1.807) is 0 Å². The lowest BCUT2D eigenvalue weighted by atomic mass is 9.96. The number of hydrogen-bond acceptors (Lipinski definition) is 2. The quantitative estimate of drug-likeness (QED) is 0.835. The summed E-state index contributed by atoms with van der Waals surface area (Å²) in [7, 11) is 2.19. The first-order valence-corrected chi connectivity index (χ1v) is 6.33. The predicted octanol–water partition coefficient (Wildman–Crippen LogP) is 2.51. The van der Waals surface area contributed by atoms with Gasteiger partial charge in [-0.25, -0.2) is 0 Å². The molecule has 0 spiro atoms. The number of hydrogen-bond donors (Lipinski definition) is 1. The molecule has 0 amide bonds. The van der Waals surface area contributed by atoms with E-state index < -0.39 is 0 Å². The van der Waals surface area contributed by atoms with E-state index in [0.717, 1.165) is 12.5 Å². The summed E-state index contributed by atoms with van der Waals surface area (Å²) in [5, 5.41) is 3.48. The fraction of sp³-hybridized carbons (Fsp3) is 0.571. The summed E-state index contributed by atoms with van der Waals surface area (Å²) in [4.78, 5) is 2.36. The van der Waals surface area contributed by atoms with Gasteiger partial charge < -0.3 is 10.2 Å². The van der Waals surface area contributed by atoms with Gasteiger partial charge in [-0.1, -0.05) is 18.2 Å². The molecule has 2 heteroatoms. The lowest BCUT2D eigenvalue weighted by Gasteiger charge is -2.26. The van der Waals surface area contributed by atoms with Gasteiger partial charge in [0.1, 0.15) is 0 Å². The van der Waals surface area contributed by atoms with Gasteiger partial charge in [0.25, 0.3) is 0 Å². The molecule has 1 fully saturated rings. The monoisotopic (exact) mass is 218 g/mol. The molecule has 1 saturated heterocycles. The first-order valence-electron chi connectivity index (χ1n) is 6.33. The van der Waals surface area contributed by atoms with Crippen molar-refractivity contribution in [2.24, 2.45) is 5.92 Å². The Balaban J connectivity index is 1.77. The zero-order valence-electron chi connectivity index (χ0n) is 10.2. The Hall–Kier alpha value is -1.02. The van der Waals surface area contributed by atoms with Crippen LogP contribution in [-0.4, -0.2) is 26.7 Å². The third kappa shape index (κ3) is 3.24. The smallest absolute Gasteiger partial charge is 0.0363 e. The molecule has 1 aliphatic rings. The van der Waals surface area contributed by atoms with E-state index in [-0.39, 0.29) is 0 Å². The fourth-order valence-corrected chi connectivity index (χ4v) is 2.36. The van der Waals surface area contributed by atoms with Crippen LogP contribution in [0.3, 0.4) is 0 Å². The minimum Gasteiger partial charge on any atom is -0.375 e. The van der Waals surface area contributed by atoms with E-state index in [0.29, 0.717) is 0 Å². The van der Waals surface area contributed by atoms with E-state index in [9.17, 15) is 0 Å². The van der Waals surface area contributed by atoms with Crippen LogP contribution in [0.4, 0.5) is 5.69 Å². The van der Waals surface area contributed by atoms with Crippen LogP contribution in [0.2, 0.25) is 0 Å². The van der Waals surface area contributed by atoms with Crippen molar-refractivity contribution in [2.45, 2.75) is 19.3 Å². The number of para-hydroxylation sites is 1. The van der Waals surface area contributed by atoms with Crippen LogP contribution in [0, 0.1) is 5.92 Å². The van der Waals surface area contributed by atoms with E-state index >= 15 is 0 Å². The highest BCUT2D eigenvalue weighted by Crippen LogP contribution is 2.17. The van der Waals surface area contributed by atoms with Crippen molar-refractivity contribution in [3.63, 3.8) is 0 Å². The van der Waals surface area contributed by atoms with Gasteiger partial charge in [-0.15, -0.1) is 0 Å². The number of benzene rings is 1. The molecule has 2 nitrogen and oxygen atoms in total. The maximum absolute atomic E-state index is 3.48. The summed E-state index contributed by atoms with van der Waals surface area (Å²) in [6.07, 6.45) is 4.05. The van der Waals surface area contributed by atoms with E-state index in [4.69, 9.17) is 0 Å². The largest absolute Gasteiger partial charge is 0.375 e. The van der Waals surface area contributed by atoms with Crippen molar-refractivity contribution in [2.75, 3.05) is 31.6 Å². The summed E-state index contributed by atoms with van der Waals surface area (Å²) >= 11 is 0. The highest BCUT2D eigenvalue weighted by Gasteiger charge is 2.13. The molecule has 1 aromatic carbocycles. The molecule has 1 aliphatic heterocycles. The molecule has 1 unspecified atom stereocenters. The third-order valence-electron chi connectivity index (χ3n) is 3.47. The Morgan fingerprint density at radius 1 is 1.31 bits per heavy atom. The number of rotatable bonds is 4. The van der Waals surface area contributed by atoms with Crippen LogP contribution in [-0.2, 0) is 0 Å². The van der Waals surface area contributed by atoms with Gasteiger partial charge in [0.2, 0.25) is 0 Å². The van der Waals surface area contributed by atoms with E-state index in [1.165, 1.54) is 38.0 Å². The fourth-order valence-electron chi connectivity index (χ4n) is 2.36. The molecular weight excluding hydrogens is 196 g/mol. The highest BCUT2D eigenvalue weighted by molar-refractivity contribution is 5.44. The number of nitrogens with one attached hydrogen (secondary N) is 1. The third-order valence-corrected chi connectivity index (χ3v) is 3.47. The van der Waals surface area contributed by atoms with Crippen LogP contribution in [0.1, 0.15) is 19.3 Å². The molecule has 0 saturated carbocycles. The van der Waals surface area contributed by atoms with Crippen molar-refractivity contribution in [1.29, 1.82) is 0 Å². The van der Waals surface area contributed by atoms with Gasteiger partial charge in [0, 0.05) is 19.3 Å². The van der Waals surface area contributed by atoms with Gasteiger partial charge in [0.15, 0.2) is 0 Å². The molecule has 0 bridgehead atoms. The van der Waals surface area contributed by atoms with E-state index in [2.05, 4.69) is 47.6 Å². The van der Waals surface area contributed by atoms with Crippen molar-refractivity contribution in [1.82, 2.24) is 5.32 Å². The van der Waals surface area contributed by atoms with Gasteiger partial charge in [-0.3, -0.25) is 0 Å². The zero-order valence-corrected chi connectivity index (χ0v) is 10.2. The van der Waals surface area contributed by atoms with Crippen molar-refractivity contribution in [3.05, 3.63) is 30.3 Å². The second-order valence-electron chi connectivity index (χ2n) is 4.76. The normalized spacial score (nSPS) is 20.7. The molecule has 1 aromatic rings. The standard InChI is InChI=1S/C14H22N2/c1-16(14-7-3-2-4-8-14)11-9-13-6-5-10-15-12-13/h2-4,7-8,13,15H,5-6,9-12H2,1H3. The summed E-state index contributed by atoms with van der Waals surface area (Å²) in [5.74, 6) is 0.875. The second kappa shape index (κ2) is 5.90. The molecule has 88 valence electrons. The Bertz CT molecular complexity index is 291. The summed E-state index contributed by atoms with van der Waals surface area (Å²) in [6, 6.07) is 10.6. The summed E-state index contributed by atoms with van der Waals surface area (Å²) in [6.45, 7) is 3.59. The molecule has 1 N–H and O–H groups in total. The SMILES string of the molecule is CN(CCC1CCCNC1)c1ccccc1. The maximum Gasteiger partial charge on any atom is 0.0363 e. The minimum absolute atomic E-state index is 0.875. The summed E-state index contributed by atoms with van der Waals surface area (Å²) in [5.41, 5.74) is 1.33. The van der Waals surface area contributed by atoms with Gasteiger partial charge in [-0.2, -0.15) is 0 Å². The van der Waals surface area contributed by atoms with Crippen LogP contribution in [0.5, 0.6) is 0 Å². The molecule has 0 radical (unpaired) electrons. The average Bonchev–Trinajstić information content (AvgIpc) is 2.38. The van der Waals surface area contributed by atoms with Crippen LogP contribution < -0.4 is 10.2 Å². The Morgan fingerprint density at radius 2 is 2.12 bits per heavy atom. The first kappa shape index (κ1) is 11.5. The Kier molecular flexibility index (Phi) is 4.23. The van der Waals surface area contributed by atoms with Crippen LogP contribution in [0.25, 0.3) is 0 Å². The Labute approximate surface area is 98.7 Å². The maximum atomic E-state index is 3.48.